The number of aromatic hydroxyl groups is 1. The number of carbonyl (C=O) groups is 4. The minimum absolute atomic E-state index is 0.0268. The smallest absolute Gasteiger partial charge is 0.255 e. The predicted octanol–water partition coefficient (Wildman–Crippen LogP) is 0.146. The number of nitrogens with zero attached hydrogens (tertiary/aromatic N) is 3. The number of amides is 2. The highest BCUT2D eigenvalue weighted by Crippen LogP contribution is 2.53. The molecular formula is C29H32F2N4O8. The van der Waals surface area contributed by atoms with E-state index < -0.39 is 86.9 Å². The minimum Gasteiger partial charge on any atom is -0.510 e. The van der Waals surface area contributed by atoms with Crippen molar-refractivity contribution in [2.45, 2.75) is 50.2 Å². The van der Waals surface area contributed by atoms with Crippen molar-refractivity contribution < 1.29 is 48.4 Å². The molecule has 0 radical (unpaired) electrons. The van der Waals surface area contributed by atoms with Crippen LogP contribution >= 0.6 is 0 Å². The largest absolute Gasteiger partial charge is 0.510 e. The number of hydrogen-bond acceptors (Lipinski definition) is 10. The van der Waals surface area contributed by atoms with E-state index in [9.17, 15) is 44.0 Å². The van der Waals surface area contributed by atoms with E-state index in [1.807, 2.05) is 0 Å². The molecule has 3 aliphatic carbocycles. The van der Waals surface area contributed by atoms with Gasteiger partial charge in [0, 0.05) is 47.8 Å². The van der Waals surface area contributed by atoms with Crippen molar-refractivity contribution in [1.29, 1.82) is 0 Å². The number of hydrogen-bond donors (Lipinski definition) is 5. The van der Waals surface area contributed by atoms with Gasteiger partial charge in [-0.2, -0.15) is 0 Å². The number of likely N-dealkylation sites (N-methyl/N-ethyl adjacent to an activating group) is 1. The zero-order chi connectivity index (χ0) is 31.3. The molecule has 0 bridgehead atoms. The summed E-state index contributed by atoms with van der Waals surface area (Å²) in [5.74, 6) is -9.31. The zero-order valence-electron chi connectivity index (χ0n) is 23.6. The van der Waals surface area contributed by atoms with E-state index in [-0.39, 0.29) is 61.6 Å². The molecule has 230 valence electrons. The molecule has 2 aliphatic heterocycles. The molecule has 6 rings (SSSR count). The van der Waals surface area contributed by atoms with E-state index in [4.69, 9.17) is 5.73 Å². The molecular weight excluding hydrogens is 570 g/mol. The fourth-order valence-electron chi connectivity index (χ4n) is 7.62. The summed E-state index contributed by atoms with van der Waals surface area (Å²) in [5, 5.41) is 45.2. The Kier molecular flexibility index (Phi) is 6.67. The van der Waals surface area contributed by atoms with Gasteiger partial charge in [-0.1, -0.05) is 0 Å². The van der Waals surface area contributed by atoms with Crippen molar-refractivity contribution in [2.24, 2.45) is 17.6 Å². The summed E-state index contributed by atoms with van der Waals surface area (Å²) >= 11 is 0. The maximum Gasteiger partial charge on any atom is 0.255 e. The number of rotatable bonds is 4. The quantitative estimate of drug-likeness (QED) is 0.297. The number of likely N-dealkylation sites (tertiary alicyclic amines) is 1. The Bertz CT molecular complexity index is 1570. The first-order valence-corrected chi connectivity index (χ1v) is 14.0. The lowest BCUT2D eigenvalue weighted by Crippen LogP contribution is -2.63. The number of nitrogens with two attached hydrogens (primary N) is 1. The van der Waals surface area contributed by atoms with E-state index in [1.165, 1.54) is 23.9 Å². The Hall–Kier alpha value is -3.88. The maximum absolute atomic E-state index is 16.1. The number of phenols is 1. The summed E-state index contributed by atoms with van der Waals surface area (Å²) in [5.41, 5.74) is 0.749. The van der Waals surface area contributed by atoms with Crippen LogP contribution in [0, 0.1) is 17.7 Å². The van der Waals surface area contributed by atoms with Crippen LogP contribution in [0.5, 0.6) is 5.75 Å². The molecule has 5 atom stereocenters. The van der Waals surface area contributed by atoms with Crippen LogP contribution < -0.4 is 5.73 Å². The van der Waals surface area contributed by atoms with Crippen molar-refractivity contribution in [3.8, 4) is 5.75 Å². The van der Waals surface area contributed by atoms with Gasteiger partial charge in [0.15, 0.2) is 11.4 Å². The van der Waals surface area contributed by atoms with Crippen LogP contribution in [0.15, 0.2) is 22.7 Å². The summed E-state index contributed by atoms with van der Waals surface area (Å²) in [6.07, 6.45) is -1.07. The van der Waals surface area contributed by atoms with Gasteiger partial charge in [0.25, 0.3) is 5.91 Å². The van der Waals surface area contributed by atoms with Gasteiger partial charge in [-0.15, -0.1) is 0 Å². The van der Waals surface area contributed by atoms with Crippen molar-refractivity contribution >= 4 is 23.4 Å². The normalized spacial score (nSPS) is 30.5. The third-order valence-corrected chi connectivity index (χ3v) is 9.66. The number of ketones is 2. The molecule has 1 aromatic rings. The van der Waals surface area contributed by atoms with Crippen molar-refractivity contribution in [2.75, 3.05) is 33.7 Å². The Morgan fingerprint density at radius 2 is 1.79 bits per heavy atom. The lowest BCUT2D eigenvalue weighted by atomic mass is 9.58. The minimum atomic E-state index is -2.80. The SMILES string of the molecule is CN(C)[C@@H]1C(O)=C(C(N)=O)C(=O)[C@@]2(O)C(O)=C3C(=O)c4c(O)c5c(c(F)c4C[C@H]3C[C@@H]12)CN(C(=O)CN1CC[C@H](F)C1)C5. The molecule has 12 nitrogen and oxygen atoms in total. The molecule has 1 fully saturated rings. The van der Waals surface area contributed by atoms with Crippen LogP contribution in [-0.2, 0) is 33.9 Å². The second-order valence-electron chi connectivity index (χ2n) is 12.3. The van der Waals surface area contributed by atoms with Crippen molar-refractivity contribution in [3.63, 3.8) is 0 Å². The molecule has 6 N–H and O–H groups in total. The number of alkyl halides is 1. The van der Waals surface area contributed by atoms with Crippen LogP contribution in [0.25, 0.3) is 0 Å². The highest BCUT2D eigenvalue weighted by Gasteiger charge is 2.63. The van der Waals surface area contributed by atoms with Crippen LogP contribution in [0.4, 0.5) is 8.78 Å². The Morgan fingerprint density at radius 3 is 2.40 bits per heavy atom. The summed E-state index contributed by atoms with van der Waals surface area (Å²) in [6, 6.07) is -1.16. The van der Waals surface area contributed by atoms with E-state index in [0.717, 1.165) is 0 Å². The van der Waals surface area contributed by atoms with E-state index >= 15 is 4.39 Å². The molecule has 1 aromatic carbocycles. The second kappa shape index (κ2) is 9.82. The highest BCUT2D eigenvalue weighted by molar-refractivity contribution is 6.24. The summed E-state index contributed by atoms with van der Waals surface area (Å²) in [6.45, 7) is 0.102. The third-order valence-electron chi connectivity index (χ3n) is 9.66. The number of aliphatic hydroxyl groups excluding tert-OH is 2. The average molecular weight is 603 g/mol. The molecule has 5 aliphatic rings. The van der Waals surface area contributed by atoms with Gasteiger partial charge in [-0.05, 0) is 39.3 Å². The Morgan fingerprint density at radius 1 is 1.12 bits per heavy atom. The maximum atomic E-state index is 16.1. The second-order valence-corrected chi connectivity index (χ2v) is 12.3. The fourth-order valence-corrected chi connectivity index (χ4v) is 7.62. The van der Waals surface area contributed by atoms with Gasteiger partial charge >= 0.3 is 0 Å². The zero-order valence-corrected chi connectivity index (χ0v) is 23.6. The summed E-state index contributed by atoms with van der Waals surface area (Å²) in [4.78, 5) is 56.7. The average Bonchev–Trinajstić information content (AvgIpc) is 3.55. The molecule has 0 saturated carbocycles. The number of primary amides is 1. The van der Waals surface area contributed by atoms with Crippen molar-refractivity contribution in [1.82, 2.24) is 14.7 Å². The number of phenolic OH excluding ortho intramolecular Hbond substituents is 1. The highest BCUT2D eigenvalue weighted by atomic mass is 19.1. The Labute approximate surface area is 244 Å². The third kappa shape index (κ3) is 4.03. The summed E-state index contributed by atoms with van der Waals surface area (Å²) in [7, 11) is 3.03. The molecule has 14 heteroatoms. The number of allylic oxidation sites excluding steroid dienone is 1. The van der Waals surface area contributed by atoms with Gasteiger partial charge in [0.1, 0.15) is 34.8 Å². The van der Waals surface area contributed by atoms with E-state index in [2.05, 4.69) is 0 Å². The first-order chi connectivity index (χ1) is 20.2. The van der Waals surface area contributed by atoms with Gasteiger partial charge in [0.2, 0.25) is 11.7 Å². The topological polar surface area (TPSA) is 185 Å². The molecule has 43 heavy (non-hydrogen) atoms. The van der Waals surface area contributed by atoms with Gasteiger partial charge in [-0.3, -0.25) is 29.0 Å². The number of carbonyl (C=O) groups excluding carboxylic acids is 4. The van der Waals surface area contributed by atoms with E-state index in [1.54, 1.807) is 4.90 Å². The number of benzene rings is 1. The molecule has 0 aromatic heterocycles. The number of halogens is 2. The molecule has 1 saturated heterocycles. The van der Waals surface area contributed by atoms with Crippen molar-refractivity contribution in [3.05, 3.63) is 50.7 Å². The first-order valence-electron chi connectivity index (χ1n) is 14.0. The van der Waals surface area contributed by atoms with Crippen LogP contribution in [0.1, 0.15) is 39.9 Å². The fraction of sp³-hybridized carbons (Fsp3) is 0.517. The number of fused-ring (bicyclic) bond motifs is 4. The number of aliphatic hydroxyl groups is 3. The Balaban J connectivity index is 1.40. The number of Topliss-reactive ketones (excluding diaryl/α,β-unsaturated/α-hetero) is 2. The molecule has 2 amide bonds. The summed E-state index contributed by atoms with van der Waals surface area (Å²) < 4.78 is 29.7. The van der Waals surface area contributed by atoms with Gasteiger partial charge in [-0.25, -0.2) is 8.78 Å². The lowest BCUT2D eigenvalue weighted by molar-refractivity contribution is -0.148. The molecule has 0 unspecified atom stereocenters. The van der Waals surface area contributed by atoms with Crippen LogP contribution in [0.2, 0.25) is 0 Å². The lowest BCUT2D eigenvalue weighted by Gasteiger charge is -2.50. The monoisotopic (exact) mass is 602 g/mol. The molecule has 0 spiro atoms. The predicted molar refractivity (Wildman–Crippen MR) is 144 cm³/mol. The van der Waals surface area contributed by atoms with Gasteiger partial charge < -0.3 is 31.1 Å². The van der Waals surface area contributed by atoms with Crippen LogP contribution in [-0.4, -0.2) is 110 Å². The van der Waals surface area contributed by atoms with Gasteiger partial charge in [0.05, 0.1) is 24.7 Å². The first kappa shape index (κ1) is 29.2. The van der Waals surface area contributed by atoms with E-state index in [0.29, 0.717) is 13.0 Å². The molecule has 2 heterocycles. The van der Waals surface area contributed by atoms with Crippen LogP contribution in [0.3, 0.4) is 0 Å². The standard InChI is InChI=1S/C29H32F2N4O8/c1-33(2)22-16-6-11-5-13-19(24(38)18(11)26(40)29(16,43)27(41)20(25(22)39)28(32)42)23(37)15-9-35(8-14(15)21(13)31)17(36)10-34-4-3-12(30)7-34/h11-12,16,22,37,39-40,43H,3-10H2,1-2H3,(H2,32,42)/t11-,12-,16-,22-,29-/m0/s1.